The predicted octanol–water partition coefficient (Wildman–Crippen LogP) is 3.82. The van der Waals surface area contributed by atoms with E-state index in [1.165, 1.54) is 38.8 Å². The SMILES string of the molecule is CC(C[C@H]1CC1c1ccccc1)C1CCNCC1. The lowest BCUT2D eigenvalue weighted by atomic mass is 9.82. The monoisotopic (exact) mass is 243 g/mol. The minimum atomic E-state index is 0.871. The highest BCUT2D eigenvalue weighted by atomic mass is 14.9. The normalized spacial score (nSPS) is 30.1. The lowest BCUT2D eigenvalue weighted by Crippen LogP contribution is -2.31. The maximum absolute atomic E-state index is 3.47. The van der Waals surface area contributed by atoms with E-state index in [-0.39, 0.29) is 0 Å². The Kier molecular flexibility index (Phi) is 3.69. The summed E-state index contributed by atoms with van der Waals surface area (Å²) in [5.74, 6) is 3.74. The van der Waals surface area contributed by atoms with Gasteiger partial charge in [-0.1, -0.05) is 37.3 Å². The van der Waals surface area contributed by atoms with Crippen LogP contribution >= 0.6 is 0 Å². The molecular formula is C17H25N. The van der Waals surface area contributed by atoms with Crippen LogP contribution in [-0.2, 0) is 0 Å². The third kappa shape index (κ3) is 2.77. The zero-order chi connectivity index (χ0) is 12.4. The Morgan fingerprint density at radius 2 is 1.89 bits per heavy atom. The quantitative estimate of drug-likeness (QED) is 0.848. The summed E-state index contributed by atoms with van der Waals surface area (Å²) in [7, 11) is 0. The third-order valence-electron chi connectivity index (χ3n) is 5.01. The van der Waals surface area contributed by atoms with Crippen LogP contribution in [0, 0.1) is 17.8 Å². The van der Waals surface area contributed by atoms with Gasteiger partial charge >= 0.3 is 0 Å². The van der Waals surface area contributed by atoms with E-state index in [4.69, 9.17) is 0 Å². The third-order valence-corrected chi connectivity index (χ3v) is 5.01. The maximum atomic E-state index is 3.47. The van der Waals surface area contributed by atoms with Gasteiger partial charge in [0.2, 0.25) is 0 Å². The fourth-order valence-electron chi connectivity index (χ4n) is 3.70. The van der Waals surface area contributed by atoms with Crippen LogP contribution in [0.3, 0.4) is 0 Å². The summed E-state index contributed by atoms with van der Waals surface area (Å²) in [6, 6.07) is 11.1. The van der Waals surface area contributed by atoms with Gasteiger partial charge in [-0.05, 0) is 68.0 Å². The Morgan fingerprint density at radius 3 is 2.61 bits per heavy atom. The van der Waals surface area contributed by atoms with E-state index in [1.807, 2.05) is 0 Å². The molecule has 98 valence electrons. The summed E-state index contributed by atoms with van der Waals surface area (Å²) in [5.41, 5.74) is 1.57. The second-order valence-corrected chi connectivity index (χ2v) is 6.31. The molecular weight excluding hydrogens is 218 g/mol. The minimum Gasteiger partial charge on any atom is -0.317 e. The summed E-state index contributed by atoms with van der Waals surface area (Å²) in [6.45, 7) is 4.96. The number of rotatable bonds is 4. The Hall–Kier alpha value is -0.820. The molecule has 1 heterocycles. The standard InChI is InChI=1S/C17H25N/c1-13(14-7-9-18-10-8-14)11-16-12-17(16)15-5-3-2-4-6-15/h2-6,13-14,16-18H,7-12H2,1H3/t13?,16-,17?/m0/s1. The predicted molar refractivity (Wildman–Crippen MR) is 76.7 cm³/mol. The van der Waals surface area contributed by atoms with Crippen LogP contribution in [0.1, 0.15) is 44.1 Å². The molecule has 2 aliphatic rings. The molecule has 3 atom stereocenters. The van der Waals surface area contributed by atoms with E-state index in [9.17, 15) is 0 Å². The maximum Gasteiger partial charge on any atom is -0.00462 e. The Morgan fingerprint density at radius 1 is 1.17 bits per heavy atom. The summed E-state index contributed by atoms with van der Waals surface area (Å²) < 4.78 is 0. The number of nitrogens with one attached hydrogen (secondary N) is 1. The highest BCUT2D eigenvalue weighted by molar-refractivity contribution is 5.25. The van der Waals surface area contributed by atoms with Crippen molar-refractivity contribution in [1.82, 2.24) is 5.32 Å². The molecule has 0 amide bonds. The van der Waals surface area contributed by atoms with Crippen molar-refractivity contribution < 1.29 is 0 Å². The van der Waals surface area contributed by atoms with Crippen LogP contribution in [0.15, 0.2) is 30.3 Å². The van der Waals surface area contributed by atoms with Crippen LogP contribution < -0.4 is 5.32 Å². The van der Waals surface area contributed by atoms with Gasteiger partial charge in [0.25, 0.3) is 0 Å². The molecule has 1 aromatic carbocycles. The molecule has 2 fully saturated rings. The van der Waals surface area contributed by atoms with Gasteiger partial charge in [-0.15, -0.1) is 0 Å². The van der Waals surface area contributed by atoms with E-state index in [1.54, 1.807) is 5.56 Å². The van der Waals surface area contributed by atoms with Gasteiger partial charge < -0.3 is 5.32 Å². The van der Waals surface area contributed by atoms with E-state index in [2.05, 4.69) is 42.6 Å². The molecule has 0 aromatic heterocycles. The molecule has 1 nitrogen and oxygen atoms in total. The van der Waals surface area contributed by atoms with Gasteiger partial charge in [0.1, 0.15) is 0 Å². The zero-order valence-corrected chi connectivity index (χ0v) is 11.4. The van der Waals surface area contributed by atoms with Gasteiger partial charge in [0.05, 0.1) is 0 Å². The van der Waals surface area contributed by atoms with Gasteiger partial charge in [-0.25, -0.2) is 0 Å². The van der Waals surface area contributed by atoms with Crippen LogP contribution in [-0.4, -0.2) is 13.1 Å². The van der Waals surface area contributed by atoms with Gasteiger partial charge in [-0.2, -0.15) is 0 Å². The average Bonchev–Trinajstić information content (AvgIpc) is 3.20. The summed E-state index contributed by atoms with van der Waals surface area (Å²) >= 11 is 0. The molecule has 18 heavy (non-hydrogen) atoms. The Bertz CT molecular complexity index is 366. The second kappa shape index (κ2) is 5.44. The number of hydrogen-bond acceptors (Lipinski definition) is 1. The molecule has 1 N–H and O–H groups in total. The first kappa shape index (κ1) is 12.2. The highest BCUT2D eigenvalue weighted by Gasteiger charge is 2.39. The van der Waals surface area contributed by atoms with Crippen molar-refractivity contribution in [2.24, 2.45) is 17.8 Å². The molecule has 1 saturated heterocycles. The highest BCUT2D eigenvalue weighted by Crippen LogP contribution is 2.51. The molecule has 1 heteroatoms. The van der Waals surface area contributed by atoms with Crippen LogP contribution in [0.2, 0.25) is 0 Å². The summed E-state index contributed by atoms with van der Waals surface area (Å²) in [5, 5.41) is 3.47. The summed E-state index contributed by atoms with van der Waals surface area (Å²) in [4.78, 5) is 0. The van der Waals surface area contributed by atoms with E-state index in [0.29, 0.717) is 0 Å². The largest absolute Gasteiger partial charge is 0.317 e. The number of piperidine rings is 1. The fourth-order valence-corrected chi connectivity index (χ4v) is 3.70. The molecule has 1 aliphatic carbocycles. The molecule has 3 rings (SSSR count). The average molecular weight is 243 g/mol. The van der Waals surface area contributed by atoms with Crippen molar-refractivity contribution in [2.75, 3.05) is 13.1 Å². The van der Waals surface area contributed by atoms with Crippen molar-refractivity contribution in [3.05, 3.63) is 35.9 Å². The second-order valence-electron chi connectivity index (χ2n) is 6.31. The van der Waals surface area contributed by atoms with Crippen LogP contribution in [0.5, 0.6) is 0 Å². The van der Waals surface area contributed by atoms with Gasteiger partial charge in [-0.3, -0.25) is 0 Å². The lowest BCUT2D eigenvalue weighted by molar-refractivity contribution is 0.254. The first-order valence-electron chi connectivity index (χ1n) is 7.60. The van der Waals surface area contributed by atoms with E-state index in [0.717, 1.165) is 23.7 Å². The Balaban J connectivity index is 1.50. The van der Waals surface area contributed by atoms with Crippen LogP contribution in [0.25, 0.3) is 0 Å². The van der Waals surface area contributed by atoms with Crippen molar-refractivity contribution >= 4 is 0 Å². The number of hydrogen-bond donors (Lipinski definition) is 1. The minimum absolute atomic E-state index is 0.871. The molecule has 1 aromatic rings. The topological polar surface area (TPSA) is 12.0 Å². The van der Waals surface area contributed by atoms with Crippen molar-refractivity contribution in [3.63, 3.8) is 0 Å². The van der Waals surface area contributed by atoms with E-state index < -0.39 is 0 Å². The molecule has 2 unspecified atom stereocenters. The fraction of sp³-hybridized carbons (Fsp3) is 0.647. The number of benzene rings is 1. The molecule has 1 saturated carbocycles. The first-order chi connectivity index (χ1) is 8.84. The smallest absolute Gasteiger partial charge is 0.00462 e. The van der Waals surface area contributed by atoms with Gasteiger partial charge in [0, 0.05) is 0 Å². The molecule has 0 bridgehead atoms. The summed E-state index contributed by atoms with van der Waals surface area (Å²) in [6.07, 6.45) is 5.66. The molecule has 0 radical (unpaired) electrons. The molecule has 0 spiro atoms. The first-order valence-corrected chi connectivity index (χ1v) is 7.60. The molecule has 1 aliphatic heterocycles. The zero-order valence-electron chi connectivity index (χ0n) is 11.4. The van der Waals surface area contributed by atoms with E-state index >= 15 is 0 Å². The Labute approximate surface area is 111 Å². The van der Waals surface area contributed by atoms with Crippen molar-refractivity contribution in [1.29, 1.82) is 0 Å². The van der Waals surface area contributed by atoms with Gasteiger partial charge in [0.15, 0.2) is 0 Å². The van der Waals surface area contributed by atoms with Crippen LogP contribution in [0.4, 0.5) is 0 Å². The lowest BCUT2D eigenvalue weighted by Gasteiger charge is -2.28. The van der Waals surface area contributed by atoms with Crippen molar-refractivity contribution in [2.45, 2.75) is 38.5 Å². The van der Waals surface area contributed by atoms with Crippen molar-refractivity contribution in [3.8, 4) is 0 Å².